The van der Waals surface area contributed by atoms with Crippen LogP contribution in [0, 0.1) is 11.7 Å². The lowest BCUT2D eigenvalue weighted by Gasteiger charge is -2.15. The van der Waals surface area contributed by atoms with Gasteiger partial charge in [0.25, 0.3) is 0 Å². The van der Waals surface area contributed by atoms with Gasteiger partial charge in [0.1, 0.15) is 0 Å². The van der Waals surface area contributed by atoms with Crippen LogP contribution in [0.2, 0.25) is 0 Å². The Hall–Kier alpha value is -1.94. The summed E-state index contributed by atoms with van der Waals surface area (Å²) in [6.45, 7) is 3.39. The number of pyridine rings is 1. The van der Waals surface area contributed by atoms with Crippen molar-refractivity contribution >= 4 is 0 Å². The van der Waals surface area contributed by atoms with E-state index in [1.54, 1.807) is 24.5 Å². The van der Waals surface area contributed by atoms with Gasteiger partial charge in [0.05, 0.1) is 6.61 Å². The van der Waals surface area contributed by atoms with Crippen LogP contribution in [-0.2, 0) is 6.54 Å². The van der Waals surface area contributed by atoms with Crippen molar-refractivity contribution in [3.8, 4) is 5.75 Å². The second kappa shape index (κ2) is 6.88. The predicted octanol–water partition coefficient (Wildman–Crippen LogP) is 3.86. The molecule has 1 aliphatic carbocycles. The molecule has 0 radical (unpaired) electrons. The number of halogens is 1. The topological polar surface area (TPSA) is 34.2 Å². The third-order valence-electron chi connectivity index (χ3n) is 3.99. The van der Waals surface area contributed by atoms with E-state index in [0.29, 0.717) is 18.3 Å². The van der Waals surface area contributed by atoms with Crippen LogP contribution in [0.3, 0.4) is 0 Å². The molecule has 1 fully saturated rings. The first kappa shape index (κ1) is 15.0. The highest BCUT2D eigenvalue weighted by atomic mass is 19.1. The zero-order valence-electron chi connectivity index (χ0n) is 12.8. The molecule has 0 spiro atoms. The molecule has 116 valence electrons. The highest BCUT2D eigenvalue weighted by molar-refractivity contribution is 5.31. The molecule has 1 N–H and O–H groups in total. The van der Waals surface area contributed by atoms with Gasteiger partial charge in [-0.2, -0.15) is 0 Å². The van der Waals surface area contributed by atoms with Gasteiger partial charge in [-0.05, 0) is 61.1 Å². The molecule has 0 aliphatic heterocycles. The Kier molecular flexibility index (Phi) is 4.68. The first-order chi connectivity index (χ1) is 10.7. The Bertz CT molecular complexity index is 614. The number of nitrogens with zero attached hydrogens (tertiary/aromatic N) is 1. The molecular weight excluding hydrogens is 279 g/mol. The summed E-state index contributed by atoms with van der Waals surface area (Å²) in [7, 11) is 0. The molecule has 1 aliphatic rings. The molecule has 1 heterocycles. The molecule has 0 unspecified atom stereocenters. The SMILES string of the molecule is C[C@H](NCc1ccncc1)c1ccc(OCC2CC2)c(F)c1. The standard InChI is InChI=1S/C18H21FN2O/c1-13(21-11-14-6-8-20-9-7-14)16-4-5-18(17(19)10-16)22-12-15-2-3-15/h4-10,13,15,21H,2-3,11-12H2,1H3/t13-/m0/s1. The molecule has 1 saturated carbocycles. The van der Waals surface area contributed by atoms with Crippen molar-refractivity contribution < 1.29 is 9.13 Å². The lowest BCUT2D eigenvalue weighted by Crippen LogP contribution is -2.18. The van der Waals surface area contributed by atoms with E-state index in [2.05, 4.69) is 10.3 Å². The zero-order valence-corrected chi connectivity index (χ0v) is 12.8. The van der Waals surface area contributed by atoms with Crippen LogP contribution in [-0.4, -0.2) is 11.6 Å². The van der Waals surface area contributed by atoms with Crippen molar-refractivity contribution in [2.75, 3.05) is 6.61 Å². The highest BCUT2D eigenvalue weighted by Gasteiger charge is 2.22. The average Bonchev–Trinajstić information content (AvgIpc) is 3.36. The molecule has 3 rings (SSSR count). The van der Waals surface area contributed by atoms with Crippen molar-refractivity contribution in [2.45, 2.75) is 32.4 Å². The van der Waals surface area contributed by atoms with E-state index in [1.807, 2.05) is 25.1 Å². The maximum Gasteiger partial charge on any atom is 0.165 e. The second-order valence-electron chi connectivity index (χ2n) is 5.90. The van der Waals surface area contributed by atoms with E-state index >= 15 is 0 Å². The summed E-state index contributed by atoms with van der Waals surface area (Å²) in [5.74, 6) is 0.702. The Labute approximate surface area is 130 Å². The van der Waals surface area contributed by atoms with Gasteiger partial charge < -0.3 is 10.1 Å². The van der Waals surface area contributed by atoms with Crippen LogP contribution in [0.25, 0.3) is 0 Å². The number of hydrogen-bond acceptors (Lipinski definition) is 3. The lowest BCUT2D eigenvalue weighted by molar-refractivity contribution is 0.285. The number of ether oxygens (including phenoxy) is 1. The van der Waals surface area contributed by atoms with Crippen molar-refractivity contribution in [2.24, 2.45) is 5.92 Å². The van der Waals surface area contributed by atoms with E-state index in [1.165, 1.54) is 12.8 Å². The number of hydrogen-bond donors (Lipinski definition) is 1. The third kappa shape index (κ3) is 4.04. The van der Waals surface area contributed by atoms with Crippen molar-refractivity contribution in [3.05, 3.63) is 59.7 Å². The van der Waals surface area contributed by atoms with Gasteiger partial charge in [0.2, 0.25) is 0 Å². The maximum atomic E-state index is 14.1. The van der Waals surface area contributed by atoms with Crippen LogP contribution in [0.1, 0.15) is 36.9 Å². The molecule has 0 bridgehead atoms. The largest absolute Gasteiger partial charge is 0.490 e. The van der Waals surface area contributed by atoms with Gasteiger partial charge in [0.15, 0.2) is 11.6 Å². The number of aromatic nitrogens is 1. The van der Waals surface area contributed by atoms with Gasteiger partial charge in [-0.3, -0.25) is 4.98 Å². The van der Waals surface area contributed by atoms with Gasteiger partial charge in [-0.15, -0.1) is 0 Å². The van der Waals surface area contributed by atoms with Crippen LogP contribution in [0.5, 0.6) is 5.75 Å². The minimum atomic E-state index is -0.282. The minimum Gasteiger partial charge on any atom is -0.490 e. The Balaban J connectivity index is 1.57. The predicted molar refractivity (Wildman–Crippen MR) is 84.1 cm³/mol. The quantitative estimate of drug-likeness (QED) is 0.843. The lowest BCUT2D eigenvalue weighted by atomic mass is 10.1. The molecule has 22 heavy (non-hydrogen) atoms. The van der Waals surface area contributed by atoms with Crippen molar-refractivity contribution in [3.63, 3.8) is 0 Å². The first-order valence-corrected chi connectivity index (χ1v) is 7.77. The molecule has 1 aromatic heterocycles. The maximum absolute atomic E-state index is 14.1. The summed E-state index contributed by atoms with van der Waals surface area (Å²) in [5, 5.41) is 3.39. The Morgan fingerprint density at radius 2 is 2.05 bits per heavy atom. The molecular formula is C18H21FN2O. The van der Waals surface area contributed by atoms with Crippen molar-refractivity contribution in [1.82, 2.24) is 10.3 Å². The first-order valence-electron chi connectivity index (χ1n) is 7.77. The summed E-state index contributed by atoms with van der Waals surface area (Å²) in [6, 6.07) is 9.23. The van der Waals surface area contributed by atoms with E-state index in [9.17, 15) is 4.39 Å². The summed E-state index contributed by atoms with van der Waals surface area (Å²) in [4.78, 5) is 3.99. The van der Waals surface area contributed by atoms with E-state index < -0.39 is 0 Å². The van der Waals surface area contributed by atoms with Crippen LogP contribution < -0.4 is 10.1 Å². The van der Waals surface area contributed by atoms with E-state index in [-0.39, 0.29) is 11.9 Å². The molecule has 2 aromatic rings. The van der Waals surface area contributed by atoms with Crippen LogP contribution in [0.4, 0.5) is 4.39 Å². The summed E-state index contributed by atoms with van der Waals surface area (Å²) in [6.07, 6.45) is 5.95. The molecule has 1 atom stereocenters. The fraction of sp³-hybridized carbons (Fsp3) is 0.389. The Morgan fingerprint density at radius 1 is 1.27 bits per heavy atom. The highest BCUT2D eigenvalue weighted by Crippen LogP contribution is 2.30. The molecule has 0 amide bonds. The summed E-state index contributed by atoms with van der Waals surface area (Å²) in [5.41, 5.74) is 2.08. The summed E-state index contributed by atoms with van der Waals surface area (Å²) >= 11 is 0. The summed E-state index contributed by atoms with van der Waals surface area (Å²) < 4.78 is 19.6. The van der Waals surface area contributed by atoms with Crippen LogP contribution >= 0.6 is 0 Å². The van der Waals surface area contributed by atoms with Gasteiger partial charge in [-0.1, -0.05) is 6.07 Å². The normalized spacial score (nSPS) is 15.5. The Morgan fingerprint density at radius 3 is 2.73 bits per heavy atom. The second-order valence-corrected chi connectivity index (χ2v) is 5.90. The number of benzene rings is 1. The fourth-order valence-corrected chi connectivity index (χ4v) is 2.29. The molecule has 3 nitrogen and oxygen atoms in total. The average molecular weight is 300 g/mol. The third-order valence-corrected chi connectivity index (χ3v) is 3.99. The smallest absolute Gasteiger partial charge is 0.165 e. The molecule has 4 heteroatoms. The molecule has 1 aromatic carbocycles. The number of nitrogens with one attached hydrogen (secondary N) is 1. The van der Waals surface area contributed by atoms with Crippen molar-refractivity contribution in [1.29, 1.82) is 0 Å². The minimum absolute atomic E-state index is 0.0696. The molecule has 0 saturated heterocycles. The van der Waals surface area contributed by atoms with Gasteiger partial charge >= 0.3 is 0 Å². The zero-order chi connectivity index (χ0) is 15.4. The monoisotopic (exact) mass is 300 g/mol. The van der Waals surface area contributed by atoms with Gasteiger partial charge in [0, 0.05) is 25.0 Å². The van der Waals surface area contributed by atoms with E-state index in [4.69, 9.17) is 4.74 Å². The van der Waals surface area contributed by atoms with Crippen LogP contribution in [0.15, 0.2) is 42.7 Å². The van der Waals surface area contributed by atoms with Gasteiger partial charge in [-0.25, -0.2) is 4.39 Å². The van der Waals surface area contributed by atoms with E-state index in [0.717, 1.165) is 17.7 Å². The number of rotatable bonds is 7. The fourth-order valence-electron chi connectivity index (χ4n) is 2.29.